The van der Waals surface area contributed by atoms with Gasteiger partial charge in [-0.2, -0.15) is 0 Å². The Hall–Kier alpha value is -1.12. The van der Waals surface area contributed by atoms with Gasteiger partial charge in [0.1, 0.15) is 5.82 Å². The summed E-state index contributed by atoms with van der Waals surface area (Å²) >= 11 is 0. The summed E-state index contributed by atoms with van der Waals surface area (Å²) in [7, 11) is 0. The van der Waals surface area contributed by atoms with Gasteiger partial charge in [0.25, 0.3) is 0 Å². The molecule has 0 amide bonds. The maximum absolute atomic E-state index is 5.60. The highest BCUT2D eigenvalue weighted by molar-refractivity contribution is 5.38. The van der Waals surface area contributed by atoms with Crippen molar-refractivity contribution in [1.82, 2.24) is 9.97 Å². The molecule has 2 heterocycles. The van der Waals surface area contributed by atoms with Gasteiger partial charge >= 0.3 is 0 Å². The van der Waals surface area contributed by atoms with Crippen LogP contribution in [0.4, 0.5) is 0 Å². The summed E-state index contributed by atoms with van der Waals surface area (Å²) in [5.41, 5.74) is 2.17. The maximum Gasteiger partial charge on any atom is 0.162 e. The molecule has 15 heavy (non-hydrogen) atoms. The van der Waals surface area contributed by atoms with E-state index in [0.717, 1.165) is 36.0 Å². The molecule has 2 rings (SSSR count). The molecule has 0 spiro atoms. The lowest BCUT2D eigenvalue weighted by Gasteiger charge is -2.13. The summed E-state index contributed by atoms with van der Waals surface area (Å²) in [5.74, 6) is 2.67. The average molecular weight is 206 g/mol. The van der Waals surface area contributed by atoms with E-state index in [1.807, 2.05) is 0 Å². The Labute approximate surface area is 90.9 Å². The highest BCUT2D eigenvalue weighted by Gasteiger charge is 2.23. The van der Waals surface area contributed by atoms with E-state index in [1.165, 1.54) is 0 Å². The number of aromatic nitrogens is 2. The molecule has 1 aliphatic heterocycles. The number of fused-ring (bicyclic) bond motifs is 1. The molecule has 0 aliphatic carbocycles. The third kappa shape index (κ3) is 1.83. The van der Waals surface area contributed by atoms with E-state index >= 15 is 0 Å². The van der Waals surface area contributed by atoms with Gasteiger partial charge in [-0.25, -0.2) is 9.97 Å². The van der Waals surface area contributed by atoms with Gasteiger partial charge in [0, 0.05) is 12.3 Å². The predicted octanol–water partition coefficient (Wildman–Crippen LogP) is 2.66. The Balaban J connectivity index is 2.52. The van der Waals surface area contributed by atoms with Crippen molar-refractivity contribution >= 4 is 0 Å². The molecule has 0 saturated carbocycles. The van der Waals surface area contributed by atoms with Crippen molar-refractivity contribution in [3.63, 3.8) is 0 Å². The monoisotopic (exact) mass is 206 g/mol. The molecule has 0 unspecified atom stereocenters. The molecule has 3 heteroatoms. The van der Waals surface area contributed by atoms with Crippen LogP contribution >= 0.6 is 0 Å². The summed E-state index contributed by atoms with van der Waals surface area (Å²) < 4.78 is 5.60. The van der Waals surface area contributed by atoms with Crippen LogP contribution in [0.15, 0.2) is 0 Å². The lowest BCUT2D eigenvalue weighted by molar-refractivity contribution is 0.350. The lowest BCUT2D eigenvalue weighted by Crippen LogP contribution is -2.05. The second-order valence-corrected chi connectivity index (χ2v) is 4.65. The molecule has 1 aliphatic rings. The van der Waals surface area contributed by atoms with Crippen molar-refractivity contribution in [2.24, 2.45) is 0 Å². The summed E-state index contributed by atoms with van der Waals surface area (Å²) in [4.78, 5) is 9.17. The third-order valence-electron chi connectivity index (χ3n) is 2.63. The van der Waals surface area contributed by atoms with E-state index < -0.39 is 0 Å². The second-order valence-electron chi connectivity index (χ2n) is 4.65. The molecule has 0 fully saturated rings. The van der Waals surface area contributed by atoms with Gasteiger partial charge < -0.3 is 4.74 Å². The summed E-state index contributed by atoms with van der Waals surface area (Å²) in [6, 6.07) is 0. The number of hydrogen-bond donors (Lipinski definition) is 0. The Bertz CT molecular complexity index is 372. The molecule has 1 aromatic rings. The van der Waals surface area contributed by atoms with Gasteiger partial charge in [0.05, 0.1) is 18.0 Å². The van der Waals surface area contributed by atoms with Gasteiger partial charge in [-0.15, -0.1) is 0 Å². The van der Waals surface area contributed by atoms with E-state index in [4.69, 9.17) is 4.74 Å². The Morgan fingerprint density at radius 3 is 2.40 bits per heavy atom. The fraction of sp³-hybridized carbons (Fsp3) is 0.667. The highest BCUT2D eigenvalue weighted by atomic mass is 16.5. The number of ether oxygens (including phenoxy) is 1. The smallest absolute Gasteiger partial charge is 0.162 e. The Morgan fingerprint density at radius 2 is 1.80 bits per heavy atom. The van der Waals surface area contributed by atoms with Crippen molar-refractivity contribution in [1.29, 1.82) is 0 Å². The molecule has 3 nitrogen and oxygen atoms in total. The summed E-state index contributed by atoms with van der Waals surface area (Å²) in [5, 5.41) is 0. The Kier molecular flexibility index (Phi) is 2.63. The van der Waals surface area contributed by atoms with Crippen molar-refractivity contribution in [2.75, 3.05) is 6.61 Å². The van der Waals surface area contributed by atoms with E-state index in [2.05, 4.69) is 37.7 Å². The molecular weight excluding hydrogens is 188 g/mol. The second kappa shape index (κ2) is 3.80. The molecule has 0 radical (unpaired) electrons. The fourth-order valence-electron chi connectivity index (χ4n) is 1.76. The number of nitrogens with zero attached hydrogens (tertiary/aromatic N) is 2. The van der Waals surface area contributed by atoms with E-state index in [1.54, 1.807) is 0 Å². The van der Waals surface area contributed by atoms with Gasteiger partial charge in [-0.05, 0) is 5.92 Å². The van der Waals surface area contributed by atoms with Crippen LogP contribution in [0, 0.1) is 0 Å². The van der Waals surface area contributed by atoms with Crippen LogP contribution in [0.2, 0.25) is 0 Å². The average Bonchev–Trinajstić information content (AvgIpc) is 2.62. The van der Waals surface area contributed by atoms with Crippen LogP contribution in [0.1, 0.15) is 56.7 Å². The van der Waals surface area contributed by atoms with Crippen LogP contribution in [0.25, 0.3) is 0 Å². The minimum atomic E-state index is 0.383. The molecule has 0 bridgehead atoms. The summed E-state index contributed by atoms with van der Waals surface area (Å²) in [6.45, 7) is 9.30. The van der Waals surface area contributed by atoms with Crippen molar-refractivity contribution in [3.05, 3.63) is 17.2 Å². The van der Waals surface area contributed by atoms with Gasteiger partial charge in [-0.1, -0.05) is 27.7 Å². The molecule has 0 aromatic carbocycles. The zero-order valence-corrected chi connectivity index (χ0v) is 9.87. The highest BCUT2D eigenvalue weighted by Crippen LogP contribution is 2.32. The standard InChI is InChI=1S/C12H18N2O/c1-7(2)10-11-9(5-6-15-11)13-12(14-10)8(3)4/h7-8H,5-6H2,1-4H3. The van der Waals surface area contributed by atoms with Crippen molar-refractivity contribution in [2.45, 2.75) is 46.0 Å². The van der Waals surface area contributed by atoms with Crippen molar-refractivity contribution < 1.29 is 4.74 Å². The predicted molar refractivity (Wildman–Crippen MR) is 59.4 cm³/mol. The van der Waals surface area contributed by atoms with Crippen LogP contribution in [-0.4, -0.2) is 16.6 Å². The summed E-state index contributed by atoms with van der Waals surface area (Å²) in [6.07, 6.45) is 0.928. The normalized spacial score (nSPS) is 14.5. The van der Waals surface area contributed by atoms with E-state index in [-0.39, 0.29) is 0 Å². The zero-order valence-electron chi connectivity index (χ0n) is 9.87. The molecule has 0 saturated heterocycles. The molecule has 0 atom stereocenters. The fourth-order valence-corrected chi connectivity index (χ4v) is 1.76. The van der Waals surface area contributed by atoms with Crippen LogP contribution in [0.3, 0.4) is 0 Å². The quantitative estimate of drug-likeness (QED) is 0.746. The lowest BCUT2D eigenvalue weighted by atomic mass is 10.1. The van der Waals surface area contributed by atoms with Crippen LogP contribution in [0.5, 0.6) is 5.75 Å². The van der Waals surface area contributed by atoms with Crippen LogP contribution < -0.4 is 4.74 Å². The van der Waals surface area contributed by atoms with E-state index in [0.29, 0.717) is 11.8 Å². The first kappa shape index (κ1) is 10.4. The maximum atomic E-state index is 5.60. The van der Waals surface area contributed by atoms with Gasteiger partial charge in [0.15, 0.2) is 5.75 Å². The van der Waals surface area contributed by atoms with Gasteiger partial charge in [-0.3, -0.25) is 0 Å². The van der Waals surface area contributed by atoms with Crippen LogP contribution in [-0.2, 0) is 6.42 Å². The Morgan fingerprint density at radius 1 is 1.07 bits per heavy atom. The minimum Gasteiger partial charge on any atom is -0.489 e. The topological polar surface area (TPSA) is 35.0 Å². The first-order chi connectivity index (χ1) is 7.09. The number of rotatable bonds is 2. The minimum absolute atomic E-state index is 0.383. The van der Waals surface area contributed by atoms with Crippen molar-refractivity contribution in [3.8, 4) is 5.75 Å². The number of hydrogen-bond acceptors (Lipinski definition) is 3. The van der Waals surface area contributed by atoms with Gasteiger partial charge in [0.2, 0.25) is 0 Å². The van der Waals surface area contributed by atoms with E-state index in [9.17, 15) is 0 Å². The molecule has 1 aromatic heterocycles. The largest absolute Gasteiger partial charge is 0.489 e. The SMILES string of the molecule is CC(C)c1nc2c(c(C(C)C)n1)OCC2. The molecule has 0 N–H and O–H groups in total. The third-order valence-corrected chi connectivity index (χ3v) is 2.63. The molecular formula is C12H18N2O. The zero-order chi connectivity index (χ0) is 11.0. The molecule has 82 valence electrons. The first-order valence-electron chi connectivity index (χ1n) is 5.63. The first-order valence-corrected chi connectivity index (χ1v) is 5.63.